The number of anilines is 2. The van der Waals surface area contributed by atoms with Gasteiger partial charge in [-0.3, -0.25) is 4.79 Å². The number of hydrogen-bond donors (Lipinski definition) is 1. The van der Waals surface area contributed by atoms with Gasteiger partial charge in [-0.25, -0.2) is 0 Å². The number of para-hydroxylation sites is 3. The summed E-state index contributed by atoms with van der Waals surface area (Å²) >= 11 is 1.57. The van der Waals surface area contributed by atoms with Crippen LogP contribution in [0.15, 0.2) is 100 Å². The first-order chi connectivity index (χ1) is 16.7. The second-order valence-corrected chi connectivity index (χ2v) is 8.83. The van der Waals surface area contributed by atoms with Crippen molar-refractivity contribution < 1.29 is 9.53 Å². The van der Waals surface area contributed by atoms with E-state index in [2.05, 4.69) is 16.3 Å². The molecule has 0 aliphatic carbocycles. The van der Waals surface area contributed by atoms with Crippen molar-refractivity contribution in [2.75, 3.05) is 43.5 Å². The number of hydrogen-bond acceptors (Lipinski definition) is 6. The number of ether oxygens (including phenoxy) is 1. The Morgan fingerprint density at radius 3 is 2.38 bits per heavy atom. The van der Waals surface area contributed by atoms with E-state index in [1.807, 2.05) is 83.8 Å². The number of benzene rings is 3. The highest BCUT2D eigenvalue weighted by atomic mass is 32.2. The lowest BCUT2D eigenvalue weighted by Gasteiger charge is -2.36. The van der Waals surface area contributed by atoms with Gasteiger partial charge >= 0.3 is 0 Å². The molecule has 0 unspecified atom stereocenters. The lowest BCUT2D eigenvalue weighted by atomic mass is 10.2. The minimum Gasteiger partial charge on any atom is -0.495 e. The van der Waals surface area contributed by atoms with Gasteiger partial charge in [-0.15, -0.1) is 0 Å². The maximum atomic E-state index is 12.9. The molecule has 34 heavy (non-hydrogen) atoms. The van der Waals surface area contributed by atoms with Crippen LogP contribution < -0.4 is 15.0 Å². The molecule has 1 aliphatic rings. The van der Waals surface area contributed by atoms with E-state index < -0.39 is 5.91 Å². The van der Waals surface area contributed by atoms with Gasteiger partial charge in [0.25, 0.3) is 5.91 Å². The second kappa shape index (κ2) is 11.3. The third-order valence-corrected chi connectivity index (χ3v) is 6.61. The Morgan fingerprint density at radius 1 is 0.971 bits per heavy atom. The summed E-state index contributed by atoms with van der Waals surface area (Å²) in [4.78, 5) is 19.2. The van der Waals surface area contributed by atoms with Crippen LogP contribution in [0.25, 0.3) is 0 Å². The molecule has 0 bridgehead atoms. The molecule has 3 aromatic carbocycles. The van der Waals surface area contributed by atoms with Crippen LogP contribution in [0.3, 0.4) is 0 Å². The number of methoxy groups -OCH3 is 1. The average molecular weight is 471 g/mol. The molecule has 0 radical (unpaired) electrons. The maximum absolute atomic E-state index is 12.9. The molecule has 1 heterocycles. The van der Waals surface area contributed by atoms with E-state index in [0.717, 1.165) is 34.3 Å². The molecule has 3 aromatic rings. The SMILES string of the molecule is COc1ccccc1N1CCN(/C=C(/C#N)C(=O)Nc2ccccc2Sc2ccccc2)CC1. The van der Waals surface area contributed by atoms with Crippen molar-refractivity contribution in [3.05, 3.63) is 90.6 Å². The molecular weight excluding hydrogens is 444 g/mol. The normalized spacial score (nSPS) is 13.8. The number of carbonyl (C=O) groups excluding carboxylic acids is 1. The summed E-state index contributed by atoms with van der Waals surface area (Å²) in [6, 6.07) is 27.6. The first-order valence-electron chi connectivity index (χ1n) is 11.0. The first kappa shape index (κ1) is 23.3. The van der Waals surface area contributed by atoms with E-state index in [0.29, 0.717) is 18.8 Å². The average Bonchev–Trinajstić information content (AvgIpc) is 2.89. The topological polar surface area (TPSA) is 68.6 Å². The van der Waals surface area contributed by atoms with Crippen LogP contribution in [-0.2, 0) is 4.79 Å². The summed E-state index contributed by atoms with van der Waals surface area (Å²) in [7, 11) is 1.67. The van der Waals surface area contributed by atoms with E-state index in [1.165, 1.54) is 0 Å². The highest BCUT2D eigenvalue weighted by molar-refractivity contribution is 7.99. The molecule has 0 spiro atoms. The minimum absolute atomic E-state index is 0.0882. The van der Waals surface area contributed by atoms with E-state index in [4.69, 9.17) is 4.74 Å². The molecule has 1 aliphatic heterocycles. The third-order valence-electron chi connectivity index (χ3n) is 5.52. The molecule has 1 fully saturated rings. The predicted molar refractivity (Wildman–Crippen MR) is 136 cm³/mol. The molecule has 1 N–H and O–H groups in total. The smallest absolute Gasteiger partial charge is 0.267 e. The fraction of sp³-hybridized carbons (Fsp3) is 0.185. The van der Waals surface area contributed by atoms with Crippen molar-refractivity contribution in [2.24, 2.45) is 0 Å². The van der Waals surface area contributed by atoms with Gasteiger partial charge in [0.15, 0.2) is 0 Å². The molecule has 172 valence electrons. The Morgan fingerprint density at radius 2 is 1.65 bits per heavy atom. The molecule has 0 aromatic heterocycles. The van der Waals surface area contributed by atoms with Gasteiger partial charge in [0.1, 0.15) is 17.4 Å². The molecule has 1 amide bonds. The molecule has 0 saturated carbocycles. The van der Waals surface area contributed by atoms with Crippen molar-refractivity contribution in [3.63, 3.8) is 0 Å². The van der Waals surface area contributed by atoms with E-state index >= 15 is 0 Å². The van der Waals surface area contributed by atoms with Crippen LogP contribution in [0, 0.1) is 11.3 Å². The van der Waals surface area contributed by atoms with Crippen LogP contribution in [-0.4, -0.2) is 44.1 Å². The Hall–Kier alpha value is -3.89. The fourth-order valence-corrected chi connectivity index (χ4v) is 4.69. The van der Waals surface area contributed by atoms with Crippen LogP contribution in [0.4, 0.5) is 11.4 Å². The Balaban J connectivity index is 1.41. The molecule has 7 heteroatoms. The Labute approximate surface area is 204 Å². The zero-order valence-electron chi connectivity index (χ0n) is 19.0. The van der Waals surface area contributed by atoms with Gasteiger partial charge in [0.2, 0.25) is 0 Å². The van der Waals surface area contributed by atoms with Gasteiger partial charge in [0, 0.05) is 42.2 Å². The van der Waals surface area contributed by atoms with Gasteiger partial charge in [-0.1, -0.05) is 54.2 Å². The number of rotatable bonds is 7. The highest BCUT2D eigenvalue weighted by Crippen LogP contribution is 2.33. The first-order valence-corrected chi connectivity index (χ1v) is 11.9. The van der Waals surface area contributed by atoms with Gasteiger partial charge < -0.3 is 19.9 Å². The summed E-state index contributed by atoms with van der Waals surface area (Å²) in [6.45, 7) is 2.95. The number of nitrogens with one attached hydrogen (secondary N) is 1. The van der Waals surface area contributed by atoms with E-state index in [-0.39, 0.29) is 5.57 Å². The molecule has 0 atom stereocenters. The third kappa shape index (κ3) is 5.72. The Kier molecular flexibility index (Phi) is 7.74. The lowest BCUT2D eigenvalue weighted by molar-refractivity contribution is -0.112. The molecule has 1 saturated heterocycles. The zero-order valence-corrected chi connectivity index (χ0v) is 19.8. The van der Waals surface area contributed by atoms with Crippen molar-refractivity contribution in [2.45, 2.75) is 9.79 Å². The quantitative estimate of drug-likeness (QED) is 0.387. The summed E-state index contributed by atoms with van der Waals surface area (Å²) in [6.07, 6.45) is 1.67. The Bertz CT molecular complexity index is 1200. The standard InChI is InChI=1S/C27H26N4O2S/c1-33-25-13-7-6-12-24(25)31-17-15-30(16-18-31)20-21(19-28)27(32)29-23-11-5-8-14-26(23)34-22-9-3-2-4-10-22/h2-14,20H,15-18H2,1H3,(H,29,32)/b21-20-. The number of nitrogens with zero attached hydrogens (tertiary/aromatic N) is 3. The largest absolute Gasteiger partial charge is 0.495 e. The number of nitriles is 1. The summed E-state index contributed by atoms with van der Waals surface area (Å²) < 4.78 is 5.48. The van der Waals surface area contributed by atoms with Crippen LogP contribution >= 0.6 is 11.8 Å². The summed E-state index contributed by atoms with van der Waals surface area (Å²) in [5.74, 6) is 0.436. The summed E-state index contributed by atoms with van der Waals surface area (Å²) in [5, 5.41) is 12.6. The fourth-order valence-electron chi connectivity index (χ4n) is 3.77. The highest BCUT2D eigenvalue weighted by Gasteiger charge is 2.20. The minimum atomic E-state index is -0.407. The van der Waals surface area contributed by atoms with Crippen molar-refractivity contribution in [1.29, 1.82) is 5.26 Å². The van der Waals surface area contributed by atoms with E-state index in [1.54, 1.807) is 25.1 Å². The van der Waals surface area contributed by atoms with Crippen molar-refractivity contribution in [3.8, 4) is 11.8 Å². The summed E-state index contributed by atoms with van der Waals surface area (Å²) in [5.41, 5.74) is 1.83. The molecule has 4 rings (SSSR count). The van der Waals surface area contributed by atoms with Gasteiger partial charge in [-0.05, 0) is 36.4 Å². The molecular formula is C27H26N4O2S. The van der Waals surface area contributed by atoms with Crippen LogP contribution in [0.2, 0.25) is 0 Å². The van der Waals surface area contributed by atoms with Crippen molar-refractivity contribution >= 4 is 29.0 Å². The number of piperazine rings is 1. The van der Waals surface area contributed by atoms with Gasteiger partial charge in [0.05, 0.1) is 18.5 Å². The van der Waals surface area contributed by atoms with Crippen LogP contribution in [0.1, 0.15) is 0 Å². The monoisotopic (exact) mass is 470 g/mol. The molecule has 6 nitrogen and oxygen atoms in total. The van der Waals surface area contributed by atoms with Crippen LogP contribution in [0.5, 0.6) is 5.75 Å². The van der Waals surface area contributed by atoms with Crippen molar-refractivity contribution in [1.82, 2.24) is 4.90 Å². The number of carbonyl (C=O) groups is 1. The lowest BCUT2D eigenvalue weighted by Crippen LogP contribution is -2.44. The van der Waals surface area contributed by atoms with E-state index in [9.17, 15) is 10.1 Å². The maximum Gasteiger partial charge on any atom is 0.267 e. The zero-order chi connectivity index (χ0) is 23.8. The van der Waals surface area contributed by atoms with Gasteiger partial charge in [-0.2, -0.15) is 5.26 Å². The number of amides is 1. The second-order valence-electron chi connectivity index (χ2n) is 7.71. The predicted octanol–water partition coefficient (Wildman–Crippen LogP) is 5.01.